The maximum Gasteiger partial charge on any atom is 0.329 e. The molecule has 7 nitrogen and oxygen atoms in total. The van der Waals surface area contributed by atoms with Crippen LogP contribution in [0.4, 0.5) is 5.69 Å². The molecule has 0 bridgehead atoms. The van der Waals surface area contributed by atoms with Gasteiger partial charge in [-0.1, -0.05) is 18.9 Å². The number of aromatic nitrogens is 1. The van der Waals surface area contributed by atoms with Crippen molar-refractivity contribution in [1.82, 2.24) is 4.98 Å². The summed E-state index contributed by atoms with van der Waals surface area (Å²) in [6.07, 6.45) is 5.62. The molecule has 0 amide bonds. The van der Waals surface area contributed by atoms with Gasteiger partial charge in [-0.25, -0.2) is 9.78 Å². The normalized spacial score (nSPS) is 18.7. The van der Waals surface area contributed by atoms with Crippen LogP contribution in [0.3, 0.4) is 0 Å². The molecular weight excluding hydrogens is 396 g/mol. The van der Waals surface area contributed by atoms with E-state index in [2.05, 4.69) is 10.3 Å². The Hall–Kier alpha value is -2.64. The van der Waals surface area contributed by atoms with Crippen LogP contribution in [0.1, 0.15) is 49.8 Å². The highest BCUT2D eigenvalue weighted by Crippen LogP contribution is 2.33. The predicted octanol–water partition coefficient (Wildman–Crippen LogP) is 4.27. The summed E-state index contributed by atoms with van der Waals surface area (Å²) in [7, 11) is 0. The molecule has 3 N–H and O–H groups in total. The lowest BCUT2D eigenvalue weighted by molar-refractivity contribution is -0.145. The Morgan fingerprint density at radius 3 is 2.65 bits per heavy atom. The number of aryl methyl sites for hydroxylation is 1. The number of aliphatic carboxylic acids is 1. The molecule has 1 aromatic carbocycles. The lowest BCUT2D eigenvalue weighted by atomic mass is 9.89. The molecule has 1 aliphatic heterocycles. The minimum atomic E-state index is -1.03. The van der Waals surface area contributed by atoms with Crippen molar-refractivity contribution < 1.29 is 24.5 Å². The van der Waals surface area contributed by atoms with Crippen LogP contribution in [0.15, 0.2) is 30.3 Å². The number of rotatable bonds is 7. The van der Waals surface area contributed by atoms with Crippen LogP contribution in [-0.2, 0) is 20.9 Å². The molecule has 31 heavy (non-hydrogen) atoms. The average Bonchev–Trinajstić information content (AvgIpc) is 3.26. The molecule has 1 aromatic heterocycles. The third kappa shape index (κ3) is 4.99. The third-order valence-corrected chi connectivity index (χ3v) is 6.27. The van der Waals surface area contributed by atoms with E-state index in [0.717, 1.165) is 40.9 Å². The molecule has 0 unspecified atom stereocenters. The zero-order valence-electron chi connectivity index (χ0n) is 17.9. The Morgan fingerprint density at radius 1 is 1.23 bits per heavy atom. The van der Waals surface area contributed by atoms with Crippen molar-refractivity contribution >= 4 is 11.7 Å². The second-order valence-corrected chi connectivity index (χ2v) is 8.57. The van der Waals surface area contributed by atoms with Crippen molar-refractivity contribution in [3.8, 4) is 17.0 Å². The molecule has 1 aliphatic carbocycles. The van der Waals surface area contributed by atoms with Gasteiger partial charge in [0.2, 0.25) is 5.88 Å². The number of benzene rings is 1. The number of carboxylic acid groups (broad SMARTS) is 1. The van der Waals surface area contributed by atoms with E-state index >= 15 is 0 Å². The van der Waals surface area contributed by atoms with Gasteiger partial charge in [0, 0.05) is 43.5 Å². The maximum absolute atomic E-state index is 12.1. The van der Waals surface area contributed by atoms with Crippen molar-refractivity contribution in [1.29, 1.82) is 0 Å². The second kappa shape index (κ2) is 9.24. The Balaban J connectivity index is 1.65. The molecule has 2 aromatic rings. The van der Waals surface area contributed by atoms with Crippen LogP contribution >= 0.6 is 0 Å². The first kappa shape index (κ1) is 21.6. The molecular formula is C24H30N2O5. The summed E-state index contributed by atoms with van der Waals surface area (Å²) >= 11 is 0. The Kier molecular flexibility index (Phi) is 6.43. The zero-order valence-corrected chi connectivity index (χ0v) is 17.9. The van der Waals surface area contributed by atoms with Crippen LogP contribution < -0.4 is 5.32 Å². The van der Waals surface area contributed by atoms with Gasteiger partial charge in [0.15, 0.2) is 0 Å². The van der Waals surface area contributed by atoms with Crippen LogP contribution in [0.25, 0.3) is 11.1 Å². The summed E-state index contributed by atoms with van der Waals surface area (Å²) in [5, 5.41) is 23.1. The van der Waals surface area contributed by atoms with Crippen molar-refractivity contribution in [2.24, 2.45) is 0 Å². The third-order valence-electron chi connectivity index (χ3n) is 6.27. The molecule has 4 rings (SSSR count). The fourth-order valence-corrected chi connectivity index (χ4v) is 4.53. The van der Waals surface area contributed by atoms with E-state index in [0.29, 0.717) is 32.7 Å². The summed E-state index contributed by atoms with van der Waals surface area (Å²) in [6, 6.07) is 9.39. The van der Waals surface area contributed by atoms with E-state index in [1.165, 1.54) is 12.8 Å². The molecule has 2 heterocycles. The summed E-state index contributed by atoms with van der Waals surface area (Å²) in [6.45, 7) is 3.12. The quantitative estimate of drug-likeness (QED) is 0.608. The molecule has 1 saturated heterocycles. The van der Waals surface area contributed by atoms with Crippen molar-refractivity contribution in [2.75, 3.05) is 18.5 Å². The van der Waals surface area contributed by atoms with E-state index in [1.807, 2.05) is 31.2 Å². The largest absolute Gasteiger partial charge is 0.493 e. The van der Waals surface area contributed by atoms with Crippen LogP contribution in [0.2, 0.25) is 0 Å². The van der Waals surface area contributed by atoms with E-state index < -0.39 is 11.5 Å². The van der Waals surface area contributed by atoms with E-state index in [-0.39, 0.29) is 12.0 Å². The van der Waals surface area contributed by atoms with Gasteiger partial charge in [-0.3, -0.25) is 0 Å². The highest BCUT2D eigenvalue weighted by atomic mass is 16.5. The van der Waals surface area contributed by atoms with Gasteiger partial charge in [0.1, 0.15) is 5.54 Å². The lowest BCUT2D eigenvalue weighted by Gasteiger charge is -2.35. The number of nitrogens with one attached hydrogen (secondary N) is 1. The summed E-state index contributed by atoms with van der Waals surface area (Å²) in [5.41, 5.74) is 3.20. The van der Waals surface area contributed by atoms with Gasteiger partial charge < -0.3 is 25.0 Å². The number of pyridine rings is 1. The number of aromatic hydroxyl groups is 1. The van der Waals surface area contributed by atoms with Crippen LogP contribution in [-0.4, -0.2) is 46.0 Å². The highest BCUT2D eigenvalue weighted by Gasteiger charge is 2.40. The summed E-state index contributed by atoms with van der Waals surface area (Å²) < 4.78 is 11.6. The van der Waals surface area contributed by atoms with Gasteiger partial charge in [-0.15, -0.1) is 0 Å². The highest BCUT2D eigenvalue weighted by molar-refractivity contribution is 5.83. The predicted molar refractivity (Wildman–Crippen MR) is 117 cm³/mol. The second-order valence-electron chi connectivity index (χ2n) is 8.57. The first-order valence-corrected chi connectivity index (χ1v) is 11.0. The first-order chi connectivity index (χ1) is 14.9. The minimum Gasteiger partial charge on any atom is -0.493 e. The monoisotopic (exact) mass is 426 g/mol. The summed E-state index contributed by atoms with van der Waals surface area (Å²) in [5.74, 6) is -0.884. The molecule has 2 aliphatic rings. The number of carboxylic acids is 1. The van der Waals surface area contributed by atoms with E-state index in [9.17, 15) is 15.0 Å². The zero-order chi connectivity index (χ0) is 21.8. The molecule has 0 atom stereocenters. The maximum atomic E-state index is 12.1. The Bertz CT molecular complexity index is 913. The van der Waals surface area contributed by atoms with Crippen LogP contribution in [0, 0.1) is 6.92 Å². The fourth-order valence-electron chi connectivity index (χ4n) is 4.53. The Morgan fingerprint density at radius 2 is 1.97 bits per heavy atom. The molecule has 7 heteroatoms. The van der Waals surface area contributed by atoms with Gasteiger partial charge in [-0.05, 0) is 54.7 Å². The fraction of sp³-hybridized carbons (Fsp3) is 0.500. The minimum absolute atomic E-state index is 0.0214. The van der Waals surface area contributed by atoms with Crippen molar-refractivity contribution in [3.63, 3.8) is 0 Å². The standard InChI is InChI=1S/C24H30N2O5/c1-16-12-17(14-22(27)25-16)21-7-6-19(13-18(21)15-31-20-4-2-3-5-20)26-24(23(28)29)8-10-30-11-9-24/h6-7,12-14,20,26H,2-5,8-11,15H2,1H3,(H,25,27)(H,28,29). The number of hydrogen-bond donors (Lipinski definition) is 3. The van der Waals surface area contributed by atoms with Crippen LogP contribution in [0.5, 0.6) is 5.88 Å². The smallest absolute Gasteiger partial charge is 0.329 e. The lowest BCUT2D eigenvalue weighted by Crippen LogP contribution is -2.50. The number of anilines is 1. The SMILES string of the molecule is Cc1cc(-c2ccc(NC3(C(=O)O)CCOCC3)cc2COC2CCCC2)cc(O)n1. The summed E-state index contributed by atoms with van der Waals surface area (Å²) in [4.78, 5) is 16.1. The molecule has 0 radical (unpaired) electrons. The number of hydrogen-bond acceptors (Lipinski definition) is 6. The average molecular weight is 427 g/mol. The molecule has 2 fully saturated rings. The first-order valence-electron chi connectivity index (χ1n) is 11.0. The number of nitrogens with zero attached hydrogens (tertiary/aromatic N) is 1. The van der Waals surface area contributed by atoms with Crippen molar-refractivity contribution in [3.05, 3.63) is 41.6 Å². The topological polar surface area (TPSA) is 101 Å². The number of carbonyl (C=O) groups is 1. The molecule has 0 spiro atoms. The van der Waals surface area contributed by atoms with E-state index in [1.54, 1.807) is 6.07 Å². The van der Waals surface area contributed by atoms with Crippen molar-refractivity contribution in [2.45, 2.75) is 63.7 Å². The molecule has 1 saturated carbocycles. The molecule has 166 valence electrons. The van der Waals surface area contributed by atoms with Gasteiger partial charge >= 0.3 is 5.97 Å². The van der Waals surface area contributed by atoms with E-state index in [4.69, 9.17) is 9.47 Å². The number of ether oxygens (including phenoxy) is 2. The van der Waals surface area contributed by atoms with Gasteiger partial charge in [0.05, 0.1) is 12.7 Å². The van der Waals surface area contributed by atoms with Gasteiger partial charge in [0.25, 0.3) is 0 Å². The van der Waals surface area contributed by atoms with Gasteiger partial charge in [-0.2, -0.15) is 0 Å². The Labute approximate surface area is 182 Å².